The fourth-order valence-corrected chi connectivity index (χ4v) is 3.33. The molecule has 0 bridgehead atoms. The molecule has 1 fully saturated rings. The van der Waals surface area contributed by atoms with Crippen LogP contribution < -0.4 is 4.90 Å². The second-order valence-corrected chi connectivity index (χ2v) is 6.00. The van der Waals surface area contributed by atoms with Gasteiger partial charge in [0.2, 0.25) is 0 Å². The quantitative estimate of drug-likeness (QED) is 0.863. The summed E-state index contributed by atoms with van der Waals surface area (Å²) in [4.78, 5) is 27.8. The van der Waals surface area contributed by atoms with Gasteiger partial charge in [-0.3, -0.25) is 4.90 Å². The second-order valence-electron chi connectivity index (χ2n) is 6.00. The van der Waals surface area contributed by atoms with Gasteiger partial charge in [0, 0.05) is 18.8 Å². The molecular formula is C16H20N2O3. The minimum absolute atomic E-state index is 0.176. The fraction of sp³-hybridized carbons (Fsp3) is 0.500. The van der Waals surface area contributed by atoms with Gasteiger partial charge in [0.05, 0.1) is 0 Å². The first-order chi connectivity index (χ1) is 10.0. The average molecular weight is 288 g/mol. The van der Waals surface area contributed by atoms with Crippen LogP contribution in [0.1, 0.15) is 31.7 Å². The molecule has 3 rings (SSSR count). The molecule has 2 heterocycles. The van der Waals surface area contributed by atoms with Crippen molar-refractivity contribution in [1.29, 1.82) is 0 Å². The first-order valence-corrected chi connectivity index (χ1v) is 7.44. The highest BCUT2D eigenvalue weighted by Gasteiger charge is 2.46. The number of rotatable bonds is 1. The number of carboxylic acids is 1. The Morgan fingerprint density at radius 1 is 1.19 bits per heavy atom. The SMILES string of the molecule is CC1(C(=O)O)CCCCN1C(=O)N1CCc2ccccc21. The number of piperidine rings is 1. The summed E-state index contributed by atoms with van der Waals surface area (Å²) >= 11 is 0. The molecule has 1 aromatic carbocycles. The number of carbonyl (C=O) groups excluding carboxylic acids is 1. The van der Waals surface area contributed by atoms with Gasteiger partial charge in [0.15, 0.2) is 0 Å². The van der Waals surface area contributed by atoms with Crippen LogP contribution in [0.15, 0.2) is 24.3 Å². The first kappa shape index (κ1) is 13.9. The Bertz CT molecular complexity index is 587. The summed E-state index contributed by atoms with van der Waals surface area (Å²) in [5.41, 5.74) is 0.980. The highest BCUT2D eigenvalue weighted by atomic mass is 16.4. The summed E-state index contributed by atoms with van der Waals surface area (Å²) in [6.45, 7) is 2.80. The van der Waals surface area contributed by atoms with Crippen molar-refractivity contribution in [3.63, 3.8) is 0 Å². The summed E-state index contributed by atoms with van der Waals surface area (Å²) in [5, 5.41) is 9.54. The Morgan fingerprint density at radius 3 is 2.71 bits per heavy atom. The van der Waals surface area contributed by atoms with Crippen LogP contribution in [0, 0.1) is 0 Å². The maximum absolute atomic E-state index is 12.9. The zero-order valence-electron chi connectivity index (χ0n) is 12.2. The van der Waals surface area contributed by atoms with Gasteiger partial charge in [-0.25, -0.2) is 9.59 Å². The van der Waals surface area contributed by atoms with Crippen molar-refractivity contribution in [3.8, 4) is 0 Å². The number of likely N-dealkylation sites (tertiary alicyclic amines) is 1. The standard InChI is InChI=1S/C16H20N2O3/c1-16(14(19)20)9-4-5-10-18(16)15(21)17-11-8-12-6-2-3-7-13(12)17/h2-3,6-7H,4-5,8-11H2,1H3,(H,19,20). The molecule has 1 unspecified atom stereocenters. The molecule has 0 aromatic heterocycles. The number of benzene rings is 1. The van der Waals surface area contributed by atoms with Crippen LogP contribution in [0.3, 0.4) is 0 Å². The lowest BCUT2D eigenvalue weighted by atomic mass is 9.89. The van der Waals surface area contributed by atoms with Crippen LogP contribution in [0.5, 0.6) is 0 Å². The number of amides is 2. The Balaban J connectivity index is 1.90. The van der Waals surface area contributed by atoms with E-state index in [0.717, 1.165) is 30.5 Å². The molecule has 2 amide bonds. The lowest BCUT2D eigenvalue weighted by molar-refractivity contribution is -0.150. The number of aliphatic carboxylic acids is 1. The highest BCUT2D eigenvalue weighted by Crippen LogP contribution is 2.33. The summed E-state index contributed by atoms with van der Waals surface area (Å²) in [6, 6.07) is 7.66. The van der Waals surface area contributed by atoms with E-state index in [1.54, 1.807) is 16.7 Å². The minimum Gasteiger partial charge on any atom is -0.480 e. The predicted octanol–water partition coefficient (Wildman–Crippen LogP) is 2.50. The van der Waals surface area contributed by atoms with Crippen molar-refractivity contribution in [3.05, 3.63) is 29.8 Å². The number of hydrogen-bond acceptors (Lipinski definition) is 2. The van der Waals surface area contributed by atoms with Gasteiger partial charge in [-0.1, -0.05) is 18.2 Å². The monoisotopic (exact) mass is 288 g/mol. The van der Waals surface area contributed by atoms with Crippen LogP contribution in [0.25, 0.3) is 0 Å². The molecule has 0 radical (unpaired) electrons. The van der Waals surface area contributed by atoms with Crippen molar-refractivity contribution >= 4 is 17.7 Å². The van der Waals surface area contributed by atoms with Gasteiger partial charge in [0.1, 0.15) is 5.54 Å². The summed E-state index contributed by atoms with van der Waals surface area (Å²) < 4.78 is 0. The maximum Gasteiger partial charge on any atom is 0.329 e. The molecule has 0 spiro atoms. The minimum atomic E-state index is -1.09. The van der Waals surface area contributed by atoms with E-state index >= 15 is 0 Å². The van der Waals surface area contributed by atoms with Crippen molar-refractivity contribution in [2.24, 2.45) is 0 Å². The Kier molecular flexibility index (Phi) is 3.35. The molecular weight excluding hydrogens is 268 g/mol. The van der Waals surface area contributed by atoms with Crippen LogP contribution in [0.4, 0.5) is 10.5 Å². The highest BCUT2D eigenvalue weighted by molar-refractivity contribution is 5.97. The molecule has 21 heavy (non-hydrogen) atoms. The van der Waals surface area contributed by atoms with Crippen molar-refractivity contribution in [1.82, 2.24) is 4.90 Å². The van der Waals surface area contributed by atoms with E-state index < -0.39 is 11.5 Å². The normalized spacial score (nSPS) is 24.8. The van der Waals surface area contributed by atoms with E-state index in [9.17, 15) is 14.7 Å². The third-order valence-electron chi connectivity index (χ3n) is 4.70. The number of urea groups is 1. The summed E-state index contributed by atoms with van der Waals surface area (Å²) in [5.74, 6) is -0.914. The van der Waals surface area contributed by atoms with Crippen molar-refractivity contribution < 1.29 is 14.7 Å². The Labute approximate surface area is 124 Å². The summed E-state index contributed by atoms with van der Waals surface area (Å²) in [7, 11) is 0. The fourth-order valence-electron chi connectivity index (χ4n) is 3.33. The molecule has 2 aliphatic heterocycles. The molecule has 1 atom stereocenters. The lowest BCUT2D eigenvalue weighted by Gasteiger charge is -2.43. The van der Waals surface area contributed by atoms with Crippen molar-refractivity contribution in [2.45, 2.75) is 38.1 Å². The van der Waals surface area contributed by atoms with Gasteiger partial charge in [-0.2, -0.15) is 0 Å². The molecule has 5 heteroatoms. The molecule has 0 aliphatic carbocycles. The van der Waals surface area contributed by atoms with Crippen LogP contribution in [-0.4, -0.2) is 40.6 Å². The number of anilines is 1. The van der Waals surface area contributed by atoms with E-state index in [1.807, 2.05) is 24.3 Å². The molecule has 112 valence electrons. The second kappa shape index (κ2) is 5.06. The van der Waals surface area contributed by atoms with Gasteiger partial charge in [-0.05, 0) is 44.2 Å². The predicted molar refractivity (Wildman–Crippen MR) is 79.5 cm³/mol. The van der Waals surface area contributed by atoms with E-state index in [2.05, 4.69) is 0 Å². The van der Waals surface area contributed by atoms with Gasteiger partial charge < -0.3 is 10.0 Å². The molecule has 1 aromatic rings. The zero-order valence-corrected chi connectivity index (χ0v) is 12.2. The van der Waals surface area contributed by atoms with Crippen LogP contribution in [-0.2, 0) is 11.2 Å². The van der Waals surface area contributed by atoms with E-state index in [-0.39, 0.29) is 6.03 Å². The lowest BCUT2D eigenvalue weighted by Crippen LogP contribution is -2.60. The number of para-hydroxylation sites is 1. The number of carboxylic acid groups (broad SMARTS) is 1. The van der Waals surface area contributed by atoms with E-state index in [0.29, 0.717) is 19.5 Å². The molecule has 5 nitrogen and oxygen atoms in total. The number of fused-ring (bicyclic) bond motifs is 1. The number of carbonyl (C=O) groups is 2. The van der Waals surface area contributed by atoms with Gasteiger partial charge in [0.25, 0.3) is 0 Å². The third kappa shape index (κ3) is 2.17. The van der Waals surface area contributed by atoms with Gasteiger partial charge >= 0.3 is 12.0 Å². The van der Waals surface area contributed by atoms with Crippen LogP contribution >= 0.6 is 0 Å². The Morgan fingerprint density at radius 2 is 1.95 bits per heavy atom. The van der Waals surface area contributed by atoms with Crippen LogP contribution in [0.2, 0.25) is 0 Å². The molecule has 0 saturated carbocycles. The smallest absolute Gasteiger partial charge is 0.329 e. The maximum atomic E-state index is 12.9. The van der Waals surface area contributed by atoms with E-state index in [4.69, 9.17) is 0 Å². The first-order valence-electron chi connectivity index (χ1n) is 7.44. The largest absolute Gasteiger partial charge is 0.480 e. The molecule has 2 aliphatic rings. The van der Waals surface area contributed by atoms with Crippen molar-refractivity contribution in [2.75, 3.05) is 18.0 Å². The third-order valence-corrected chi connectivity index (χ3v) is 4.70. The number of nitrogens with zero attached hydrogens (tertiary/aromatic N) is 2. The van der Waals surface area contributed by atoms with Gasteiger partial charge in [-0.15, -0.1) is 0 Å². The topological polar surface area (TPSA) is 60.9 Å². The molecule has 1 N–H and O–H groups in total. The Hall–Kier alpha value is -2.04. The summed E-state index contributed by atoms with van der Waals surface area (Å²) in [6.07, 6.45) is 3.07. The zero-order chi connectivity index (χ0) is 15.0. The average Bonchev–Trinajstić information content (AvgIpc) is 2.91. The molecule has 1 saturated heterocycles. The van der Waals surface area contributed by atoms with E-state index in [1.165, 1.54) is 0 Å². The number of hydrogen-bond donors (Lipinski definition) is 1.